The molecule has 0 saturated carbocycles. The van der Waals surface area contributed by atoms with Gasteiger partial charge in [-0.05, 0) is 56.5 Å². The number of nitrogens with one attached hydrogen (secondary N) is 2. The van der Waals surface area contributed by atoms with Crippen molar-refractivity contribution in [1.29, 1.82) is 0 Å². The summed E-state index contributed by atoms with van der Waals surface area (Å²) in [5.41, 5.74) is 11.3. The maximum absolute atomic E-state index is 5.57. The molecule has 29 heavy (non-hydrogen) atoms. The molecule has 1 aromatic heterocycles. The van der Waals surface area contributed by atoms with E-state index < -0.39 is 0 Å². The van der Waals surface area contributed by atoms with Crippen molar-refractivity contribution >= 4 is 0 Å². The fourth-order valence-corrected chi connectivity index (χ4v) is 3.63. The number of nitrogens with zero attached hydrogens (tertiary/aromatic N) is 2. The molecule has 2 atom stereocenters. The van der Waals surface area contributed by atoms with Crippen LogP contribution in [0.25, 0.3) is 11.4 Å². The van der Waals surface area contributed by atoms with Gasteiger partial charge in [0.15, 0.2) is 11.5 Å². The molecule has 1 saturated heterocycles. The molecule has 0 aliphatic carbocycles. The van der Waals surface area contributed by atoms with E-state index >= 15 is 0 Å². The predicted octanol–water partition coefficient (Wildman–Crippen LogP) is 4.04. The topological polar surface area (TPSA) is 81.4 Å². The summed E-state index contributed by atoms with van der Waals surface area (Å²) in [5, 5.41) is 4.16. The van der Waals surface area contributed by atoms with E-state index in [0.717, 1.165) is 12.0 Å². The second-order valence-corrected chi connectivity index (χ2v) is 7.24. The third-order valence-corrected chi connectivity index (χ3v) is 5.17. The lowest BCUT2D eigenvalue weighted by molar-refractivity contribution is 0.311. The van der Waals surface area contributed by atoms with Crippen LogP contribution in [0.2, 0.25) is 0 Å². The summed E-state index contributed by atoms with van der Waals surface area (Å²) >= 11 is 0. The summed E-state index contributed by atoms with van der Waals surface area (Å²) in [4.78, 5) is 4.61. The van der Waals surface area contributed by atoms with E-state index in [1.807, 2.05) is 25.1 Å². The Labute approximate surface area is 170 Å². The molecule has 3 aromatic rings. The Morgan fingerprint density at radius 1 is 1.07 bits per heavy atom. The van der Waals surface area contributed by atoms with Gasteiger partial charge >= 0.3 is 0 Å². The minimum Gasteiger partial charge on any atom is -0.493 e. The highest BCUT2D eigenvalue weighted by Gasteiger charge is 2.31. The maximum atomic E-state index is 5.57. The lowest BCUT2D eigenvalue weighted by Crippen LogP contribution is -2.27. The molecule has 152 valence electrons. The number of aromatic nitrogens is 2. The van der Waals surface area contributed by atoms with Gasteiger partial charge in [0.25, 0.3) is 0 Å². The molecule has 0 bridgehead atoms. The molecule has 1 aliphatic rings. The third kappa shape index (κ3) is 3.97. The summed E-state index contributed by atoms with van der Waals surface area (Å²) < 4.78 is 16.5. The van der Waals surface area contributed by atoms with Crippen molar-refractivity contribution in [3.63, 3.8) is 0 Å². The Morgan fingerprint density at radius 3 is 2.69 bits per heavy atom. The van der Waals surface area contributed by atoms with Gasteiger partial charge in [0.1, 0.15) is 6.04 Å². The van der Waals surface area contributed by atoms with Crippen LogP contribution in [0.4, 0.5) is 0 Å². The molecule has 2 N–H and O–H groups in total. The van der Waals surface area contributed by atoms with Crippen LogP contribution in [0, 0.1) is 13.8 Å². The lowest BCUT2D eigenvalue weighted by Gasteiger charge is -2.13. The molecule has 7 nitrogen and oxygen atoms in total. The largest absolute Gasteiger partial charge is 0.493 e. The number of hydrogen-bond donors (Lipinski definition) is 2. The first kappa shape index (κ1) is 19.4. The summed E-state index contributed by atoms with van der Waals surface area (Å²) in [7, 11) is 1.62. The summed E-state index contributed by atoms with van der Waals surface area (Å²) in [6, 6.07) is 12.3. The normalized spacial score (nSPS) is 18.8. The van der Waals surface area contributed by atoms with Crippen LogP contribution < -0.4 is 20.3 Å². The van der Waals surface area contributed by atoms with Gasteiger partial charge in [0.05, 0.1) is 13.7 Å². The molecule has 0 spiro atoms. The lowest BCUT2D eigenvalue weighted by atomic mass is 9.96. The fraction of sp³-hybridized carbons (Fsp3) is 0.364. The monoisotopic (exact) mass is 394 g/mol. The van der Waals surface area contributed by atoms with Gasteiger partial charge < -0.3 is 14.0 Å². The Balaban J connectivity index is 1.52. The maximum Gasteiger partial charge on any atom is 0.245 e. The van der Waals surface area contributed by atoms with Gasteiger partial charge in [-0.2, -0.15) is 4.98 Å². The van der Waals surface area contributed by atoms with Crippen LogP contribution in [0.5, 0.6) is 11.5 Å². The van der Waals surface area contributed by atoms with Gasteiger partial charge in [-0.3, -0.25) is 0 Å². The van der Waals surface area contributed by atoms with Crippen LogP contribution >= 0.6 is 0 Å². The van der Waals surface area contributed by atoms with E-state index in [4.69, 9.17) is 14.0 Å². The SMILES string of the molecule is CCOc1ccc(-c2noc(C3CC(c4cc(C)ccc4C)NN3)n2)cc1OC. The first-order valence-electron chi connectivity index (χ1n) is 9.82. The Kier molecular flexibility index (Phi) is 5.51. The van der Waals surface area contributed by atoms with Crippen LogP contribution in [-0.2, 0) is 0 Å². The Bertz CT molecular complexity index is 1000. The molecule has 1 fully saturated rings. The number of benzene rings is 2. The first-order chi connectivity index (χ1) is 14.1. The quantitative estimate of drug-likeness (QED) is 0.653. The predicted molar refractivity (Wildman–Crippen MR) is 110 cm³/mol. The molecule has 0 amide bonds. The number of rotatable bonds is 6. The van der Waals surface area contributed by atoms with Crippen molar-refractivity contribution in [2.24, 2.45) is 0 Å². The van der Waals surface area contributed by atoms with Crippen LogP contribution in [0.1, 0.15) is 48.0 Å². The molecular weight excluding hydrogens is 368 g/mol. The molecule has 0 radical (unpaired) electrons. The first-order valence-corrected chi connectivity index (χ1v) is 9.82. The van der Waals surface area contributed by atoms with Gasteiger partial charge in [-0.1, -0.05) is 28.9 Å². The van der Waals surface area contributed by atoms with Crippen molar-refractivity contribution in [3.8, 4) is 22.9 Å². The van der Waals surface area contributed by atoms with Crippen molar-refractivity contribution in [2.75, 3.05) is 13.7 Å². The minimum absolute atomic E-state index is 0.0502. The second kappa shape index (κ2) is 8.23. The van der Waals surface area contributed by atoms with E-state index in [-0.39, 0.29) is 12.1 Å². The van der Waals surface area contributed by atoms with Gasteiger partial charge in [0.2, 0.25) is 11.7 Å². The van der Waals surface area contributed by atoms with E-state index in [2.05, 4.69) is 53.0 Å². The van der Waals surface area contributed by atoms with Crippen LogP contribution in [0.15, 0.2) is 40.9 Å². The summed E-state index contributed by atoms with van der Waals surface area (Å²) in [6.45, 7) is 6.75. The van der Waals surface area contributed by atoms with Crippen LogP contribution in [-0.4, -0.2) is 23.9 Å². The zero-order valence-electron chi connectivity index (χ0n) is 17.2. The van der Waals surface area contributed by atoms with E-state index in [1.165, 1.54) is 16.7 Å². The molecule has 7 heteroatoms. The second-order valence-electron chi connectivity index (χ2n) is 7.24. The molecule has 1 aliphatic heterocycles. The number of hydrazine groups is 1. The molecule has 2 aromatic carbocycles. The Hall–Kier alpha value is -2.90. The average Bonchev–Trinajstić information content (AvgIpc) is 3.40. The number of ether oxygens (including phenoxy) is 2. The zero-order valence-corrected chi connectivity index (χ0v) is 17.2. The molecule has 2 unspecified atom stereocenters. The van der Waals surface area contributed by atoms with E-state index in [0.29, 0.717) is 29.8 Å². The molecule has 4 rings (SSSR count). The number of hydrogen-bond acceptors (Lipinski definition) is 7. The van der Waals surface area contributed by atoms with Gasteiger partial charge in [0, 0.05) is 11.6 Å². The standard InChI is InChI=1S/C22H26N4O3/c1-5-28-19-9-8-15(11-20(19)27-4)21-23-22(29-26-21)18-12-17(24-25-18)16-10-13(2)6-7-14(16)3/h6-11,17-18,24-25H,5,12H2,1-4H3. The molecule has 2 heterocycles. The van der Waals surface area contributed by atoms with Gasteiger partial charge in [-0.15, -0.1) is 0 Å². The number of methoxy groups -OCH3 is 1. The van der Waals surface area contributed by atoms with Crippen molar-refractivity contribution in [3.05, 3.63) is 59.0 Å². The Morgan fingerprint density at radius 2 is 1.90 bits per heavy atom. The van der Waals surface area contributed by atoms with E-state index in [9.17, 15) is 0 Å². The summed E-state index contributed by atoms with van der Waals surface area (Å²) in [6.07, 6.45) is 0.832. The van der Waals surface area contributed by atoms with E-state index in [1.54, 1.807) is 7.11 Å². The average molecular weight is 394 g/mol. The minimum atomic E-state index is -0.0502. The van der Waals surface area contributed by atoms with Crippen LogP contribution in [0.3, 0.4) is 0 Å². The fourth-order valence-electron chi connectivity index (χ4n) is 3.63. The highest BCUT2D eigenvalue weighted by atomic mass is 16.5. The van der Waals surface area contributed by atoms with Crippen molar-refractivity contribution in [1.82, 2.24) is 21.0 Å². The highest BCUT2D eigenvalue weighted by Crippen LogP contribution is 2.34. The zero-order chi connectivity index (χ0) is 20.4. The molecular formula is C22H26N4O3. The third-order valence-electron chi connectivity index (χ3n) is 5.17. The smallest absolute Gasteiger partial charge is 0.245 e. The van der Waals surface area contributed by atoms with Gasteiger partial charge in [-0.25, -0.2) is 10.9 Å². The summed E-state index contributed by atoms with van der Waals surface area (Å²) in [5.74, 6) is 2.43. The number of aryl methyl sites for hydroxylation is 2. The highest BCUT2D eigenvalue weighted by molar-refractivity contribution is 5.60. The van der Waals surface area contributed by atoms with Crippen molar-refractivity contribution in [2.45, 2.75) is 39.3 Å². The van der Waals surface area contributed by atoms with Crippen molar-refractivity contribution < 1.29 is 14.0 Å².